The molecule has 7 heteroatoms. The highest BCUT2D eigenvalue weighted by Crippen LogP contribution is 2.13. The van der Waals surface area contributed by atoms with Gasteiger partial charge in [-0.1, -0.05) is 24.3 Å². The lowest BCUT2D eigenvalue weighted by Crippen LogP contribution is -2.12. The fourth-order valence-electron chi connectivity index (χ4n) is 2.85. The highest BCUT2D eigenvalue weighted by molar-refractivity contribution is 6.05. The summed E-state index contributed by atoms with van der Waals surface area (Å²) >= 11 is 0. The quantitative estimate of drug-likeness (QED) is 0.427. The summed E-state index contributed by atoms with van der Waals surface area (Å²) in [7, 11) is 0. The van der Waals surface area contributed by atoms with Crippen LogP contribution in [0.5, 0.6) is 0 Å². The van der Waals surface area contributed by atoms with Crippen molar-refractivity contribution in [3.63, 3.8) is 0 Å². The summed E-state index contributed by atoms with van der Waals surface area (Å²) in [5.74, 6) is -0.791. The van der Waals surface area contributed by atoms with Gasteiger partial charge in [0.1, 0.15) is 5.82 Å². The van der Waals surface area contributed by atoms with E-state index in [1.165, 1.54) is 24.4 Å². The van der Waals surface area contributed by atoms with Crippen LogP contribution in [0.15, 0.2) is 72.9 Å². The van der Waals surface area contributed by atoms with Crippen LogP contribution in [0.25, 0.3) is 6.08 Å². The molecular formula is C25H23N3O4. The number of aryl methyl sites for hydroxylation is 1. The minimum absolute atomic E-state index is 0.235. The molecule has 1 aromatic heterocycles. The molecule has 0 saturated carbocycles. The van der Waals surface area contributed by atoms with Gasteiger partial charge in [-0.2, -0.15) is 0 Å². The number of rotatable bonds is 7. The summed E-state index contributed by atoms with van der Waals surface area (Å²) in [6.45, 7) is 3.95. The van der Waals surface area contributed by atoms with E-state index < -0.39 is 11.9 Å². The van der Waals surface area contributed by atoms with E-state index in [9.17, 15) is 14.4 Å². The Bertz CT molecular complexity index is 1150. The van der Waals surface area contributed by atoms with Gasteiger partial charge in [0.2, 0.25) is 5.91 Å². The maximum absolute atomic E-state index is 12.5. The van der Waals surface area contributed by atoms with E-state index >= 15 is 0 Å². The fraction of sp³-hybridized carbons (Fsp3) is 0.120. The van der Waals surface area contributed by atoms with Crippen molar-refractivity contribution >= 4 is 35.4 Å². The van der Waals surface area contributed by atoms with Gasteiger partial charge in [-0.3, -0.25) is 9.59 Å². The molecule has 0 aliphatic rings. The van der Waals surface area contributed by atoms with Crippen LogP contribution in [0.1, 0.15) is 38.8 Å². The molecule has 32 heavy (non-hydrogen) atoms. The molecule has 3 aromatic rings. The van der Waals surface area contributed by atoms with E-state index in [2.05, 4.69) is 15.6 Å². The van der Waals surface area contributed by atoms with Gasteiger partial charge in [-0.15, -0.1) is 0 Å². The summed E-state index contributed by atoms with van der Waals surface area (Å²) in [6, 6.07) is 17.5. The second-order valence-electron chi connectivity index (χ2n) is 6.92. The number of nitrogens with one attached hydrogen (secondary N) is 2. The van der Waals surface area contributed by atoms with Crippen molar-refractivity contribution in [2.75, 3.05) is 17.2 Å². The van der Waals surface area contributed by atoms with Gasteiger partial charge < -0.3 is 15.4 Å². The number of carbonyl (C=O) groups excluding carboxylic acids is 3. The zero-order valence-corrected chi connectivity index (χ0v) is 17.8. The van der Waals surface area contributed by atoms with Crippen molar-refractivity contribution in [3.8, 4) is 0 Å². The summed E-state index contributed by atoms with van der Waals surface area (Å²) in [5.41, 5.74) is 3.25. The van der Waals surface area contributed by atoms with Gasteiger partial charge in [-0.25, -0.2) is 9.78 Å². The Kier molecular flexibility index (Phi) is 7.48. The number of pyridine rings is 1. The van der Waals surface area contributed by atoms with Gasteiger partial charge in [-0.05, 0) is 67.4 Å². The number of ether oxygens (including phenoxy) is 1. The zero-order chi connectivity index (χ0) is 22.9. The van der Waals surface area contributed by atoms with E-state index in [1.807, 2.05) is 31.2 Å². The Labute approximate surface area is 186 Å². The average Bonchev–Trinajstić information content (AvgIpc) is 2.78. The fourth-order valence-corrected chi connectivity index (χ4v) is 2.85. The lowest BCUT2D eigenvalue weighted by Gasteiger charge is -2.07. The Morgan fingerprint density at radius 1 is 0.969 bits per heavy atom. The molecule has 0 bridgehead atoms. The molecule has 0 aliphatic carbocycles. The van der Waals surface area contributed by atoms with Crippen LogP contribution >= 0.6 is 0 Å². The van der Waals surface area contributed by atoms with Gasteiger partial charge in [0.15, 0.2) is 0 Å². The number of amides is 2. The second-order valence-corrected chi connectivity index (χ2v) is 6.92. The van der Waals surface area contributed by atoms with Gasteiger partial charge in [0, 0.05) is 23.5 Å². The Hall–Kier alpha value is -4.26. The van der Waals surface area contributed by atoms with Crippen molar-refractivity contribution in [3.05, 3.63) is 95.2 Å². The maximum Gasteiger partial charge on any atom is 0.339 e. The van der Waals surface area contributed by atoms with E-state index in [0.29, 0.717) is 22.5 Å². The lowest BCUT2D eigenvalue weighted by molar-refractivity contribution is -0.111. The molecule has 7 nitrogen and oxygen atoms in total. The van der Waals surface area contributed by atoms with Crippen LogP contribution < -0.4 is 10.6 Å². The molecule has 1 heterocycles. The minimum Gasteiger partial charge on any atom is -0.462 e. The minimum atomic E-state index is -0.468. The molecule has 0 unspecified atom stereocenters. The molecule has 0 atom stereocenters. The monoisotopic (exact) mass is 429 g/mol. The van der Waals surface area contributed by atoms with Crippen molar-refractivity contribution in [2.24, 2.45) is 0 Å². The molecule has 2 amide bonds. The number of benzene rings is 2. The van der Waals surface area contributed by atoms with Crippen molar-refractivity contribution in [1.29, 1.82) is 0 Å². The van der Waals surface area contributed by atoms with Crippen LogP contribution in [0, 0.1) is 6.92 Å². The van der Waals surface area contributed by atoms with Gasteiger partial charge in [0.05, 0.1) is 12.2 Å². The van der Waals surface area contributed by atoms with Crippen molar-refractivity contribution < 1.29 is 19.1 Å². The molecule has 3 rings (SSSR count). The first-order valence-corrected chi connectivity index (χ1v) is 10.0. The number of anilines is 2. The number of esters is 1. The highest BCUT2D eigenvalue weighted by atomic mass is 16.5. The Balaban J connectivity index is 1.60. The molecule has 0 aliphatic heterocycles. The smallest absolute Gasteiger partial charge is 0.339 e. The number of hydrogen-bond donors (Lipinski definition) is 2. The number of nitrogens with zero attached hydrogens (tertiary/aromatic N) is 1. The predicted octanol–water partition coefficient (Wildman–Crippen LogP) is 4.47. The molecule has 162 valence electrons. The third-order valence-electron chi connectivity index (χ3n) is 4.38. The SMILES string of the molecule is CCOC(=O)c1ccc(NC(=O)/C=C/c2cccc(C(=O)Nc3cccc(C)c3)c2)nc1. The normalized spacial score (nSPS) is 10.6. The van der Waals surface area contributed by atoms with Crippen LogP contribution in [0.4, 0.5) is 11.5 Å². The first-order chi connectivity index (χ1) is 15.4. The van der Waals surface area contributed by atoms with Crippen molar-refractivity contribution in [2.45, 2.75) is 13.8 Å². The van der Waals surface area contributed by atoms with E-state index in [1.54, 1.807) is 37.3 Å². The number of hydrogen-bond acceptors (Lipinski definition) is 5. The Morgan fingerprint density at radius 2 is 1.78 bits per heavy atom. The van der Waals surface area contributed by atoms with Crippen molar-refractivity contribution in [1.82, 2.24) is 4.98 Å². The molecule has 2 aromatic carbocycles. The van der Waals surface area contributed by atoms with Gasteiger partial charge in [0.25, 0.3) is 5.91 Å². The summed E-state index contributed by atoms with van der Waals surface area (Å²) in [4.78, 5) is 40.4. The van der Waals surface area contributed by atoms with Crippen LogP contribution in [-0.4, -0.2) is 29.4 Å². The third-order valence-corrected chi connectivity index (χ3v) is 4.38. The lowest BCUT2D eigenvalue weighted by atomic mass is 10.1. The maximum atomic E-state index is 12.5. The summed E-state index contributed by atoms with van der Waals surface area (Å²) in [5, 5.41) is 5.48. The molecule has 2 N–H and O–H groups in total. The number of carbonyl (C=O) groups is 3. The third kappa shape index (κ3) is 6.37. The standard InChI is InChI=1S/C25H23N3O4/c1-3-32-25(31)20-11-12-22(26-16-20)28-23(29)13-10-18-7-5-8-19(15-18)24(30)27-21-9-4-6-17(2)14-21/h4-16H,3H2,1-2H3,(H,27,30)(H,26,28,29)/b13-10+. The first-order valence-electron chi connectivity index (χ1n) is 10.0. The second kappa shape index (κ2) is 10.7. The predicted molar refractivity (Wildman–Crippen MR) is 123 cm³/mol. The van der Waals surface area contributed by atoms with Crippen LogP contribution in [-0.2, 0) is 9.53 Å². The highest BCUT2D eigenvalue weighted by Gasteiger charge is 2.08. The molecule has 0 radical (unpaired) electrons. The van der Waals surface area contributed by atoms with E-state index in [-0.39, 0.29) is 12.5 Å². The molecule has 0 spiro atoms. The largest absolute Gasteiger partial charge is 0.462 e. The van der Waals surface area contributed by atoms with Crippen LogP contribution in [0.3, 0.4) is 0 Å². The average molecular weight is 429 g/mol. The molecular weight excluding hydrogens is 406 g/mol. The topological polar surface area (TPSA) is 97.4 Å². The number of aromatic nitrogens is 1. The summed E-state index contributed by atoms with van der Waals surface area (Å²) < 4.78 is 4.90. The van der Waals surface area contributed by atoms with Crippen LogP contribution in [0.2, 0.25) is 0 Å². The Morgan fingerprint density at radius 3 is 2.50 bits per heavy atom. The van der Waals surface area contributed by atoms with Gasteiger partial charge >= 0.3 is 5.97 Å². The summed E-state index contributed by atoms with van der Waals surface area (Å²) in [6.07, 6.45) is 4.29. The molecule has 0 saturated heterocycles. The zero-order valence-electron chi connectivity index (χ0n) is 17.8. The van der Waals surface area contributed by atoms with E-state index in [4.69, 9.17) is 4.74 Å². The van der Waals surface area contributed by atoms with E-state index in [0.717, 1.165) is 11.3 Å². The molecule has 0 fully saturated rings. The first kappa shape index (κ1) is 22.4.